The molecule has 0 spiro atoms. The van der Waals surface area contributed by atoms with Gasteiger partial charge in [0.15, 0.2) is 11.5 Å². The van der Waals surface area contributed by atoms with Crippen molar-refractivity contribution in [3.8, 4) is 23.0 Å². The van der Waals surface area contributed by atoms with Crippen molar-refractivity contribution in [3.63, 3.8) is 0 Å². The van der Waals surface area contributed by atoms with Gasteiger partial charge < -0.3 is 18.9 Å². The summed E-state index contributed by atoms with van der Waals surface area (Å²) in [5.41, 5.74) is 1.41. The zero-order chi connectivity index (χ0) is 15.9. The van der Waals surface area contributed by atoms with E-state index < -0.39 is 0 Å². The van der Waals surface area contributed by atoms with E-state index in [0.29, 0.717) is 29.4 Å². The van der Waals surface area contributed by atoms with E-state index in [1.165, 1.54) is 14.2 Å². The molecule has 0 radical (unpaired) electrons. The second-order valence-corrected chi connectivity index (χ2v) is 4.51. The van der Waals surface area contributed by atoms with Gasteiger partial charge in [0.05, 0.1) is 21.3 Å². The fraction of sp³-hybridized carbons (Fsp3) is 0.235. The summed E-state index contributed by atoms with van der Waals surface area (Å²) in [7, 11) is 4.65. The number of hydrogen-bond acceptors (Lipinski definition) is 5. The highest BCUT2D eigenvalue weighted by atomic mass is 16.5. The van der Waals surface area contributed by atoms with E-state index in [1.54, 1.807) is 19.2 Å². The molecule has 2 aromatic carbocycles. The van der Waals surface area contributed by atoms with E-state index in [2.05, 4.69) is 0 Å². The number of hydrogen-bond donors (Lipinski definition) is 0. The Kier molecular flexibility index (Phi) is 5.25. The minimum absolute atomic E-state index is 0.324. The van der Waals surface area contributed by atoms with Crippen LogP contribution in [-0.2, 0) is 6.61 Å². The van der Waals surface area contributed by atoms with Crippen LogP contribution in [0.5, 0.6) is 23.0 Å². The quantitative estimate of drug-likeness (QED) is 0.736. The average Bonchev–Trinajstić information content (AvgIpc) is 2.59. The van der Waals surface area contributed by atoms with Crippen molar-refractivity contribution in [1.82, 2.24) is 0 Å². The van der Waals surface area contributed by atoms with Crippen molar-refractivity contribution >= 4 is 6.29 Å². The van der Waals surface area contributed by atoms with E-state index in [-0.39, 0.29) is 0 Å². The molecule has 0 unspecified atom stereocenters. The predicted octanol–water partition coefficient (Wildman–Crippen LogP) is 3.10. The third-order valence-electron chi connectivity index (χ3n) is 3.14. The van der Waals surface area contributed by atoms with E-state index in [9.17, 15) is 4.79 Å². The molecule has 5 heteroatoms. The molecule has 0 fully saturated rings. The minimum atomic E-state index is 0.324. The number of carbonyl (C=O) groups excluding carboxylic acids is 1. The molecule has 116 valence electrons. The van der Waals surface area contributed by atoms with Crippen molar-refractivity contribution in [2.45, 2.75) is 6.61 Å². The summed E-state index contributed by atoms with van der Waals surface area (Å²) in [6, 6.07) is 10.8. The molecular weight excluding hydrogens is 284 g/mol. The summed E-state index contributed by atoms with van der Waals surface area (Å²) in [4.78, 5) is 10.9. The summed E-state index contributed by atoms with van der Waals surface area (Å²) >= 11 is 0. The topological polar surface area (TPSA) is 54.0 Å². The highest BCUT2D eigenvalue weighted by Crippen LogP contribution is 2.38. The van der Waals surface area contributed by atoms with Gasteiger partial charge in [-0.25, -0.2) is 0 Å². The molecule has 5 nitrogen and oxygen atoms in total. The zero-order valence-corrected chi connectivity index (χ0v) is 12.8. The number of benzene rings is 2. The maximum Gasteiger partial charge on any atom is 0.203 e. The van der Waals surface area contributed by atoms with Crippen molar-refractivity contribution < 1.29 is 23.7 Å². The number of ether oxygens (including phenoxy) is 4. The Balaban J connectivity index is 2.26. The molecule has 0 atom stereocenters. The van der Waals surface area contributed by atoms with E-state index in [1.807, 2.05) is 24.3 Å². The number of rotatable bonds is 7. The molecule has 2 rings (SSSR count). The van der Waals surface area contributed by atoms with Crippen LogP contribution < -0.4 is 18.9 Å². The van der Waals surface area contributed by atoms with Crippen LogP contribution in [0, 0.1) is 0 Å². The molecule has 0 saturated heterocycles. The van der Waals surface area contributed by atoms with E-state index in [4.69, 9.17) is 18.9 Å². The van der Waals surface area contributed by atoms with Crippen LogP contribution in [0.3, 0.4) is 0 Å². The van der Waals surface area contributed by atoms with Gasteiger partial charge in [-0.2, -0.15) is 0 Å². The van der Waals surface area contributed by atoms with Gasteiger partial charge >= 0.3 is 0 Å². The largest absolute Gasteiger partial charge is 0.497 e. The van der Waals surface area contributed by atoms with Gasteiger partial charge in [-0.05, 0) is 29.8 Å². The van der Waals surface area contributed by atoms with Crippen LogP contribution in [0.1, 0.15) is 15.9 Å². The van der Waals surface area contributed by atoms with Crippen LogP contribution >= 0.6 is 0 Å². The smallest absolute Gasteiger partial charge is 0.203 e. The first kappa shape index (κ1) is 15.7. The maximum absolute atomic E-state index is 10.9. The Morgan fingerprint density at radius 2 is 1.64 bits per heavy atom. The van der Waals surface area contributed by atoms with Gasteiger partial charge in [0.25, 0.3) is 0 Å². The lowest BCUT2D eigenvalue weighted by Crippen LogP contribution is -2.01. The van der Waals surface area contributed by atoms with Crippen molar-refractivity contribution in [3.05, 3.63) is 47.5 Å². The third kappa shape index (κ3) is 3.49. The van der Waals surface area contributed by atoms with Crippen LogP contribution in [0.4, 0.5) is 0 Å². The summed E-state index contributed by atoms with van der Waals surface area (Å²) in [6.07, 6.45) is 0.733. The Labute approximate surface area is 129 Å². The number of aldehydes is 1. The summed E-state index contributed by atoms with van der Waals surface area (Å²) in [6.45, 7) is 0.324. The Hall–Kier alpha value is -2.69. The Bertz CT molecular complexity index is 626. The fourth-order valence-corrected chi connectivity index (χ4v) is 2.03. The highest BCUT2D eigenvalue weighted by molar-refractivity contribution is 5.78. The van der Waals surface area contributed by atoms with Crippen LogP contribution in [0.25, 0.3) is 0 Å². The van der Waals surface area contributed by atoms with Crippen LogP contribution in [-0.4, -0.2) is 27.6 Å². The SMILES string of the molecule is COc1cccc(COc2c(OC)cc(C=O)cc2OC)c1. The number of methoxy groups -OCH3 is 3. The van der Waals surface area contributed by atoms with Gasteiger partial charge in [0, 0.05) is 5.56 Å². The first-order valence-corrected chi connectivity index (χ1v) is 6.68. The van der Waals surface area contributed by atoms with Gasteiger partial charge in [-0.15, -0.1) is 0 Å². The molecule has 0 amide bonds. The molecule has 0 bridgehead atoms. The second kappa shape index (κ2) is 7.36. The molecule has 22 heavy (non-hydrogen) atoms. The lowest BCUT2D eigenvalue weighted by molar-refractivity contribution is 0.112. The lowest BCUT2D eigenvalue weighted by Gasteiger charge is -2.15. The van der Waals surface area contributed by atoms with Gasteiger partial charge in [0.2, 0.25) is 5.75 Å². The summed E-state index contributed by atoms with van der Waals surface area (Å²) < 4.78 is 21.5. The molecule has 0 aliphatic rings. The molecule has 0 N–H and O–H groups in total. The number of carbonyl (C=O) groups is 1. The van der Waals surface area contributed by atoms with Gasteiger partial charge in [-0.1, -0.05) is 12.1 Å². The Morgan fingerprint density at radius 1 is 0.955 bits per heavy atom. The molecular formula is C17H18O5. The zero-order valence-electron chi connectivity index (χ0n) is 12.8. The third-order valence-corrected chi connectivity index (χ3v) is 3.14. The molecule has 0 heterocycles. The lowest BCUT2D eigenvalue weighted by atomic mass is 10.2. The summed E-state index contributed by atoms with van der Waals surface area (Å²) in [5, 5.41) is 0. The standard InChI is InChI=1S/C17H18O5/c1-19-14-6-4-5-12(7-14)11-22-17-15(20-2)8-13(10-18)9-16(17)21-3/h4-10H,11H2,1-3H3. The maximum atomic E-state index is 10.9. The second-order valence-electron chi connectivity index (χ2n) is 4.51. The van der Waals surface area contributed by atoms with Gasteiger partial charge in [-0.3, -0.25) is 4.79 Å². The first-order chi connectivity index (χ1) is 10.7. The molecule has 0 aliphatic heterocycles. The van der Waals surface area contributed by atoms with Crippen molar-refractivity contribution in [2.24, 2.45) is 0 Å². The van der Waals surface area contributed by atoms with Crippen molar-refractivity contribution in [1.29, 1.82) is 0 Å². The average molecular weight is 302 g/mol. The Morgan fingerprint density at radius 3 is 2.18 bits per heavy atom. The van der Waals surface area contributed by atoms with Crippen LogP contribution in [0.15, 0.2) is 36.4 Å². The fourth-order valence-electron chi connectivity index (χ4n) is 2.03. The van der Waals surface area contributed by atoms with Gasteiger partial charge in [0.1, 0.15) is 18.6 Å². The first-order valence-electron chi connectivity index (χ1n) is 6.68. The molecule has 0 saturated carbocycles. The highest BCUT2D eigenvalue weighted by Gasteiger charge is 2.14. The van der Waals surface area contributed by atoms with E-state index in [0.717, 1.165) is 17.6 Å². The van der Waals surface area contributed by atoms with Crippen molar-refractivity contribution in [2.75, 3.05) is 21.3 Å². The normalized spacial score (nSPS) is 9.95. The van der Waals surface area contributed by atoms with Crippen LogP contribution in [0.2, 0.25) is 0 Å². The molecule has 0 aliphatic carbocycles. The predicted molar refractivity (Wildman–Crippen MR) is 82.3 cm³/mol. The van der Waals surface area contributed by atoms with E-state index >= 15 is 0 Å². The molecule has 0 aromatic heterocycles. The summed E-state index contributed by atoms with van der Waals surface area (Å²) in [5.74, 6) is 2.11. The molecule has 2 aromatic rings. The minimum Gasteiger partial charge on any atom is -0.497 e. The monoisotopic (exact) mass is 302 g/mol.